The highest BCUT2D eigenvalue weighted by Gasteiger charge is 2.17. The van der Waals surface area contributed by atoms with Crippen LogP contribution in [0.1, 0.15) is 0 Å². The van der Waals surface area contributed by atoms with Gasteiger partial charge in [-0.2, -0.15) is 4.98 Å². The van der Waals surface area contributed by atoms with Crippen molar-refractivity contribution in [2.45, 2.75) is 0 Å². The minimum absolute atomic E-state index is 0.269. The van der Waals surface area contributed by atoms with E-state index in [1.165, 1.54) is 6.20 Å². The monoisotopic (exact) mass is 384 g/mol. The van der Waals surface area contributed by atoms with Crippen molar-refractivity contribution in [1.29, 1.82) is 0 Å². The molecule has 0 radical (unpaired) electrons. The second-order valence-corrected chi connectivity index (χ2v) is 5.81. The van der Waals surface area contributed by atoms with Crippen LogP contribution in [0.25, 0.3) is 23.0 Å². The number of benzene rings is 1. The number of hydrogen-bond donors (Lipinski definition) is 1. The van der Waals surface area contributed by atoms with Crippen LogP contribution in [0.4, 0.5) is 5.69 Å². The molecule has 1 aromatic carbocycles. The summed E-state index contributed by atoms with van der Waals surface area (Å²) in [5.74, 6) is 0.558. The van der Waals surface area contributed by atoms with Gasteiger partial charge in [-0.05, 0) is 34.1 Å². The number of nitrogens with zero attached hydrogens (tertiary/aromatic N) is 3. The molecule has 2 aromatic heterocycles. The lowest BCUT2D eigenvalue weighted by molar-refractivity contribution is 0.432. The zero-order valence-electron chi connectivity index (χ0n) is 10.3. The third kappa shape index (κ3) is 2.74. The smallest absolute Gasteiger partial charge is 0.260 e. The van der Waals surface area contributed by atoms with Crippen molar-refractivity contribution in [3.63, 3.8) is 0 Å². The molecule has 21 heavy (non-hydrogen) atoms. The first kappa shape index (κ1) is 14.3. The Morgan fingerprint density at radius 2 is 2.05 bits per heavy atom. The average Bonchev–Trinajstić information content (AvgIpc) is 2.91. The Balaban J connectivity index is 2.06. The van der Waals surface area contributed by atoms with Crippen LogP contribution >= 0.6 is 39.1 Å². The van der Waals surface area contributed by atoms with E-state index in [-0.39, 0.29) is 11.7 Å². The fourth-order valence-electron chi connectivity index (χ4n) is 1.73. The molecule has 0 atom stereocenters. The molecule has 0 aliphatic rings. The number of para-hydroxylation sites is 1. The summed E-state index contributed by atoms with van der Waals surface area (Å²) >= 11 is 15.2. The molecule has 2 N–H and O–H groups in total. The third-order valence-corrected chi connectivity index (χ3v) is 3.92. The highest BCUT2D eigenvalue weighted by molar-refractivity contribution is 9.10. The van der Waals surface area contributed by atoms with Crippen LogP contribution in [-0.4, -0.2) is 15.1 Å². The summed E-state index contributed by atoms with van der Waals surface area (Å²) in [4.78, 5) is 8.38. The molecule has 106 valence electrons. The van der Waals surface area contributed by atoms with Crippen LogP contribution < -0.4 is 5.73 Å². The average molecular weight is 386 g/mol. The van der Waals surface area contributed by atoms with Crippen molar-refractivity contribution < 1.29 is 4.52 Å². The number of hydrogen-bond acceptors (Lipinski definition) is 5. The summed E-state index contributed by atoms with van der Waals surface area (Å²) in [7, 11) is 0. The van der Waals surface area contributed by atoms with Gasteiger partial charge in [0.15, 0.2) is 0 Å². The minimum Gasteiger partial charge on any atom is -0.397 e. The number of nitrogens with two attached hydrogens (primary N) is 1. The Morgan fingerprint density at radius 3 is 2.81 bits per heavy atom. The Bertz CT molecular complexity index is 822. The van der Waals surface area contributed by atoms with Crippen molar-refractivity contribution in [3.8, 4) is 23.0 Å². The van der Waals surface area contributed by atoms with Crippen molar-refractivity contribution in [3.05, 3.63) is 45.0 Å². The maximum atomic E-state index is 6.08. The molecule has 0 aliphatic heterocycles. The molecule has 0 unspecified atom stereocenters. The lowest BCUT2D eigenvalue weighted by Crippen LogP contribution is -1.92. The third-order valence-electron chi connectivity index (χ3n) is 2.73. The van der Waals surface area contributed by atoms with Crippen LogP contribution in [0.2, 0.25) is 10.0 Å². The van der Waals surface area contributed by atoms with E-state index in [9.17, 15) is 0 Å². The number of aromatic nitrogens is 3. The molecule has 0 aliphatic carbocycles. The first-order valence-electron chi connectivity index (χ1n) is 5.75. The maximum absolute atomic E-state index is 6.08. The molecule has 5 nitrogen and oxygen atoms in total. The fraction of sp³-hybridized carbons (Fsp3) is 0. The van der Waals surface area contributed by atoms with Crippen molar-refractivity contribution >= 4 is 44.8 Å². The van der Waals surface area contributed by atoms with Gasteiger partial charge in [0, 0.05) is 10.7 Å². The molecule has 0 saturated carbocycles. The molecular formula is C13H7BrCl2N4O. The van der Waals surface area contributed by atoms with E-state index in [0.29, 0.717) is 27.0 Å². The largest absolute Gasteiger partial charge is 0.397 e. The lowest BCUT2D eigenvalue weighted by atomic mass is 10.2. The van der Waals surface area contributed by atoms with Gasteiger partial charge in [-0.25, -0.2) is 4.98 Å². The summed E-state index contributed by atoms with van der Waals surface area (Å²) in [6.07, 6.45) is 1.46. The van der Waals surface area contributed by atoms with Gasteiger partial charge in [0.05, 0.1) is 21.3 Å². The van der Waals surface area contributed by atoms with Crippen LogP contribution in [0.3, 0.4) is 0 Å². The molecule has 0 amide bonds. The van der Waals surface area contributed by atoms with Crippen molar-refractivity contribution in [2.24, 2.45) is 0 Å². The summed E-state index contributed by atoms with van der Waals surface area (Å²) in [6, 6.07) is 7.00. The van der Waals surface area contributed by atoms with E-state index in [0.717, 1.165) is 4.47 Å². The van der Waals surface area contributed by atoms with Gasteiger partial charge in [-0.15, -0.1) is 0 Å². The van der Waals surface area contributed by atoms with E-state index in [1.807, 2.05) is 12.1 Å². The number of anilines is 1. The first-order valence-corrected chi connectivity index (χ1v) is 7.30. The van der Waals surface area contributed by atoms with Gasteiger partial charge < -0.3 is 10.3 Å². The van der Waals surface area contributed by atoms with Gasteiger partial charge in [0.1, 0.15) is 5.69 Å². The van der Waals surface area contributed by atoms with Crippen LogP contribution in [0.5, 0.6) is 0 Å². The van der Waals surface area contributed by atoms with E-state index < -0.39 is 0 Å². The standard InChI is InChI=1S/C13H7BrCl2N4O/c14-8-3-1-2-7(10(8)17)13-19-12(20-21-13)11-9(16)4-6(15)5-18-11/h1-5H,17H2. The zero-order valence-corrected chi connectivity index (χ0v) is 13.4. The van der Waals surface area contributed by atoms with E-state index >= 15 is 0 Å². The molecule has 3 aromatic rings. The molecule has 3 rings (SSSR count). The van der Waals surface area contributed by atoms with Gasteiger partial charge in [0.25, 0.3) is 5.89 Å². The SMILES string of the molecule is Nc1c(Br)cccc1-c1nc(-c2ncc(Cl)cc2Cl)no1. The fourth-order valence-corrected chi connectivity index (χ4v) is 2.56. The van der Waals surface area contributed by atoms with Gasteiger partial charge in [-0.3, -0.25) is 0 Å². The Morgan fingerprint density at radius 1 is 1.24 bits per heavy atom. The highest BCUT2D eigenvalue weighted by Crippen LogP contribution is 2.32. The summed E-state index contributed by atoms with van der Waals surface area (Å²) in [5.41, 5.74) is 7.52. The topological polar surface area (TPSA) is 77.8 Å². The Kier molecular flexibility index (Phi) is 3.84. The van der Waals surface area contributed by atoms with E-state index in [2.05, 4.69) is 31.1 Å². The zero-order chi connectivity index (χ0) is 15.0. The maximum Gasteiger partial charge on any atom is 0.260 e. The number of nitrogen functional groups attached to an aromatic ring is 1. The highest BCUT2D eigenvalue weighted by atomic mass is 79.9. The molecule has 0 fully saturated rings. The second kappa shape index (κ2) is 5.63. The Hall–Kier alpha value is -1.63. The van der Waals surface area contributed by atoms with Crippen LogP contribution in [0, 0.1) is 0 Å². The predicted molar refractivity (Wildman–Crippen MR) is 85.1 cm³/mol. The van der Waals surface area contributed by atoms with Crippen LogP contribution in [-0.2, 0) is 0 Å². The number of halogens is 3. The predicted octanol–water partition coefficient (Wildman–Crippen LogP) is 4.45. The molecule has 2 heterocycles. The van der Waals surface area contributed by atoms with Gasteiger partial charge in [0.2, 0.25) is 5.82 Å². The number of rotatable bonds is 2. The van der Waals surface area contributed by atoms with Crippen molar-refractivity contribution in [1.82, 2.24) is 15.1 Å². The van der Waals surface area contributed by atoms with Crippen molar-refractivity contribution in [2.75, 3.05) is 5.73 Å². The van der Waals surface area contributed by atoms with E-state index in [1.54, 1.807) is 12.1 Å². The normalized spacial score (nSPS) is 10.8. The number of pyridine rings is 1. The second-order valence-electron chi connectivity index (χ2n) is 4.11. The molecular weight excluding hydrogens is 379 g/mol. The minimum atomic E-state index is 0.269. The summed E-state index contributed by atoms with van der Waals surface area (Å²) in [5, 5.41) is 4.66. The van der Waals surface area contributed by atoms with Crippen LogP contribution in [0.15, 0.2) is 39.5 Å². The molecule has 0 spiro atoms. The molecule has 8 heteroatoms. The summed E-state index contributed by atoms with van der Waals surface area (Å²) < 4.78 is 5.98. The first-order chi connectivity index (χ1) is 10.1. The Labute approximate surface area is 138 Å². The molecule has 0 bridgehead atoms. The van der Waals surface area contributed by atoms with Gasteiger partial charge >= 0.3 is 0 Å². The van der Waals surface area contributed by atoms with Gasteiger partial charge in [-0.1, -0.05) is 34.4 Å². The quantitative estimate of drug-likeness (QED) is 0.659. The van der Waals surface area contributed by atoms with E-state index in [4.69, 9.17) is 33.5 Å². The lowest BCUT2D eigenvalue weighted by Gasteiger charge is -2.01. The summed E-state index contributed by atoms with van der Waals surface area (Å²) in [6.45, 7) is 0. The molecule has 0 saturated heterocycles.